The molecule has 0 aliphatic heterocycles. The summed E-state index contributed by atoms with van der Waals surface area (Å²) in [6, 6.07) is 7.60. The Balaban J connectivity index is 2.18. The minimum atomic E-state index is -0.463. The number of aromatic hydroxyl groups is 1. The number of pyridine rings is 1. The molecule has 0 spiro atoms. The van der Waals surface area contributed by atoms with Gasteiger partial charge in [-0.3, -0.25) is 4.79 Å². The Morgan fingerprint density at radius 3 is 2.74 bits per heavy atom. The van der Waals surface area contributed by atoms with Crippen LogP contribution in [0.3, 0.4) is 0 Å². The van der Waals surface area contributed by atoms with Crippen LogP contribution in [-0.4, -0.2) is 23.1 Å². The van der Waals surface area contributed by atoms with Gasteiger partial charge in [0.1, 0.15) is 17.3 Å². The summed E-state index contributed by atoms with van der Waals surface area (Å²) in [5.41, 5.74) is 0.137. The highest BCUT2D eigenvalue weighted by Gasteiger charge is 2.12. The fourth-order valence-electron chi connectivity index (χ4n) is 1.46. The van der Waals surface area contributed by atoms with Crippen molar-refractivity contribution < 1.29 is 14.6 Å². The van der Waals surface area contributed by atoms with Crippen molar-refractivity contribution in [3.63, 3.8) is 0 Å². The van der Waals surface area contributed by atoms with Gasteiger partial charge in [0, 0.05) is 12.3 Å². The summed E-state index contributed by atoms with van der Waals surface area (Å²) in [6.07, 6.45) is 1.42. The predicted molar refractivity (Wildman–Crippen MR) is 71.9 cm³/mol. The molecule has 2 N–H and O–H groups in total. The number of methoxy groups -OCH3 is 1. The summed E-state index contributed by atoms with van der Waals surface area (Å²) < 4.78 is 4.94. The van der Waals surface area contributed by atoms with Gasteiger partial charge in [-0.2, -0.15) is 0 Å². The van der Waals surface area contributed by atoms with Gasteiger partial charge in [0.25, 0.3) is 5.91 Å². The van der Waals surface area contributed by atoms with Gasteiger partial charge in [-0.05, 0) is 24.3 Å². The Morgan fingerprint density at radius 1 is 1.37 bits per heavy atom. The van der Waals surface area contributed by atoms with E-state index in [2.05, 4.69) is 10.3 Å². The minimum Gasteiger partial charge on any atom is -0.507 e. The van der Waals surface area contributed by atoms with Crippen LogP contribution in [0.1, 0.15) is 10.4 Å². The highest BCUT2D eigenvalue weighted by atomic mass is 35.5. The maximum atomic E-state index is 11.9. The fourth-order valence-corrected chi connectivity index (χ4v) is 1.58. The molecule has 0 aliphatic rings. The molecule has 1 aromatic heterocycles. The van der Waals surface area contributed by atoms with Crippen LogP contribution >= 0.6 is 11.6 Å². The summed E-state index contributed by atoms with van der Waals surface area (Å²) in [7, 11) is 1.48. The van der Waals surface area contributed by atoms with Gasteiger partial charge in [-0.1, -0.05) is 11.6 Å². The second-order valence-corrected chi connectivity index (χ2v) is 4.14. The number of amides is 1. The van der Waals surface area contributed by atoms with Crippen LogP contribution < -0.4 is 10.1 Å². The Bertz CT molecular complexity index is 599. The summed E-state index contributed by atoms with van der Waals surface area (Å²) in [4.78, 5) is 15.9. The van der Waals surface area contributed by atoms with Crippen molar-refractivity contribution in [2.45, 2.75) is 0 Å². The average molecular weight is 279 g/mol. The van der Waals surface area contributed by atoms with E-state index in [0.717, 1.165) is 0 Å². The molecule has 0 saturated carbocycles. The van der Waals surface area contributed by atoms with Gasteiger partial charge in [0.05, 0.1) is 17.7 Å². The molecular weight excluding hydrogens is 268 g/mol. The normalized spacial score (nSPS) is 10.0. The number of phenolic OH excluding ortho intramolecular Hbond substituents is 1. The van der Waals surface area contributed by atoms with Crippen LogP contribution in [0.25, 0.3) is 0 Å². The molecule has 2 aromatic rings. The number of ether oxygens (including phenoxy) is 1. The van der Waals surface area contributed by atoms with Crippen molar-refractivity contribution in [2.24, 2.45) is 0 Å². The lowest BCUT2D eigenvalue weighted by Crippen LogP contribution is -2.13. The van der Waals surface area contributed by atoms with E-state index in [4.69, 9.17) is 16.3 Å². The van der Waals surface area contributed by atoms with Crippen molar-refractivity contribution in [3.8, 4) is 11.5 Å². The number of aromatic nitrogens is 1. The maximum absolute atomic E-state index is 11.9. The van der Waals surface area contributed by atoms with Gasteiger partial charge in [0.2, 0.25) is 0 Å². The topological polar surface area (TPSA) is 71.5 Å². The Hall–Kier alpha value is -2.27. The van der Waals surface area contributed by atoms with Gasteiger partial charge < -0.3 is 15.2 Å². The first-order chi connectivity index (χ1) is 9.10. The van der Waals surface area contributed by atoms with Crippen LogP contribution in [0.5, 0.6) is 11.5 Å². The molecule has 1 amide bonds. The van der Waals surface area contributed by atoms with E-state index in [1.165, 1.54) is 25.4 Å². The number of anilines is 1. The third-order valence-electron chi connectivity index (χ3n) is 2.42. The number of carbonyl (C=O) groups excluding carboxylic acids is 1. The number of phenols is 1. The molecule has 2 rings (SSSR count). The zero-order valence-corrected chi connectivity index (χ0v) is 10.8. The molecule has 0 atom stereocenters. The minimum absolute atomic E-state index is 0.137. The first-order valence-corrected chi connectivity index (χ1v) is 5.78. The zero-order valence-electron chi connectivity index (χ0n) is 10.1. The summed E-state index contributed by atoms with van der Waals surface area (Å²) in [5, 5.41) is 12.8. The molecule has 19 heavy (non-hydrogen) atoms. The van der Waals surface area contributed by atoms with Gasteiger partial charge >= 0.3 is 0 Å². The first-order valence-electron chi connectivity index (χ1n) is 5.40. The lowest BCUT2D eigenvalue weighted by atomic mass is 10.2. The first kappa shape index (κ1) is 13.2. The van der Waals surface area contributed by atoms with Gasteiger partial charge in [0.15, 0.2) is 0 Å². The molecule has 0 radical (unpaired) electrons. The third kappa shape index (κ3) is 3.14. The monoisotopic (exact) mass is 278 g/mol. The number of nitrogens with zero attached hydrogens (tertiary/aromatic N) is 1. The van der Waals surface area contributed by atoms with E-state index < -0.39 is 5.91 Å². The van der Waals surface area contributed by atoms with E-state index >= 15 is 0 Å². The molecule has 6 heteroatoms. The number of nitrogens with one attached hydrogen (secondary N) is 1. The molecule has 98 valence electrons. The summed E-state index contributed by atoms with van der Waals surface area (Å²) in [6.45, 7) is 0. The molecule has 0 saturated heterocycles. The largest absolute Gasteiger partial charge is 0.507 e. The SMILES string of the molecule is COc1ccc(C(=O)Nc2ccc(Cl)cn2)c(O)c1. The van der Waals surface area contributed by atoms with Gasteiger partial charge in [-0.25, -0.2) is 4.98 Å². The van der Waals surface area contributed by atoms with Crippen molar-refractivity contribution >= 4 is 23.3 Å². The number of hydrogen-bond donors (Lipinski definition) is 2. The van der Waals surface area contributed by atoms with Crippen molar-refractivity contribution in [3.05, 3.63) is 47.1 Å². The zero-order chi connectivity index (χ0) is 13.8. The van der Waals surface area contributed by atoms with Crippen LogP contribution in [0.15, 0.2) is 36.5 Å². The molecule has 0 unspecified atom stereocenters. The number of hydrogen-bond acceptors (Lipinski definition) is 4. The average Bonchev–Trinajstić information content (AvgIpc) is 2.41. The lowest BCUT2D eigenvalue weighted by Gasteiger charge is -2.07. The van der Waals surface area contributed by atoms with Crippen LogP contribution in [0, 0.1) is 0 Å². The Morgan fingerprint density at radius 2 is 2.16 bits per heavy atom. The maximum Gasteiger partial charge on any atom is 0.260 e. The van der Waals surface area contributed by atoms with Crippen LogP contribution in [-0.2, 0) is 0 Å². The molecule has 0 bridgehead atoms. The highest BCUT2D eigenvalue weighted by molar-refractivity contribution is 6.30. The van der Waals surface area contributed by atoms with E-state index in [1.54, 1.807) is 18.2 Å². The second-order valence-electron chi connectivity index (χ2n) is 3.70. The lowest BCUT2D eigenvalue weighted by molar-refractivity contribution is 0.102. The van der Waals surface area contributed by atoms with E-state index in [-0.39, 0.29) is 11.3 Å². The Labute approximate surface area is 114 Å². The standard InChI is InChI=1S/C13H11ClN2O3/c1-19-9-3-4-10(11(17)6-9)13(18)16-12-5-2-8(14)7-15-12/h2-7,17H,1H3,(H,15,16,18). The van der Waals surface area contributed by atoms with Crippen LogP contribution in [0.4, 0.5) is 5.82 Å². The van der Waals surface area contributed by atoms with Crippen molar-refractivity contribution in [1.29, 1.82) is 0 Å². The molecule has 0 aliphatic carbocycles. The quantitative estimate of drug-likeness (QED) is 0.905. The number of carbonyl (C=O) groups is 1. The van der Waals surface area contributed by atoms with Crippen molar-refractivity contribution in [2.75, 3.05) is 12.4 Å². The van der Waals surface area contributed by atoms with Crippen molar-refractivity contribution in [1.82, 2.24) is 4.98 Å². The molecule has 1 heterocycles. The summed E-state index contributed by atoms with van der Waals surface area (Å²) in [5.74, 6) is 0.198. The second kappa shape index (κ2) is 5.58. The molecule has 0 fully saturated rings. The highest BCUT2D eigenvalue weighted by Crippen LogP contribution is 2.24. The predicted octanol–water partition coefficient (Wildman–Crippen LogP) is 2.70. The molecular formula is C13H11ClN2O3. The molecule has 5 nitrogen and oxygen atoms in total. The number of benzene rings is 1. The molecule has 1 aromatic carbocycles. The van der Waals surface area contributed by atoms with Gasteiger partial charge in [-0.15, -0.1) is 0 Å². The smallest absolute Gasteiger partial charge is 0.260 e. The van der Waals surface area contributed by atoms with Crippen LogP contribution in [0.2, 0.25) is 5.02 Å². The number of halogens is 1. The third-order valence-corrected chi connectivity index (χ3v) is 2.64. The summed E-state index contributed by atoms with van der Waals surface area (Å²) >= 11 is 5.69. The van der Waals surface area contributed by atoms with E-state index in [1.807, 2.05) is 0 Å². The number of rotatable bonds is 3. The van der Waals surface area contributed by atoms with E-state index in [9.17, 15) is 9.90 Å². The Kier molecular flexibility index (Phi) is 3.87. The fraction of sp³-hybridized carbons (Fsp3) is 0.0769. The van der Waals surface area contributed by atoms with E-state index in [0.29, 0.717) is 16.6 Å².